The Balaban J connectivity index is 0.00000208. The summed E-state index contributed by atoms with van der Waals surface area (Å²) in [5, 5.41) is 3.09. The molecular weight excluding hydrogens is 362 g/mol. The van der Waals surface area contributed by atoms with Crippen molar-refractivity contribution in [2.75, 3.05) is 19.6 Å². The molecule has 0 bridgehead atoms. The molecule has 1 unspecified atom stereocenters. The number of halogens is 3. The van der Waals surface area contributed by atoms with E-state index in [9.17, 15) is 17.2 Å². The lowest BCUT2D eigenvalue weighted by Gasteiger charge is -2.34. The summed E-state index contributed by atoms with van der Waals surface area (Å²) in [5.74, 6) is -1.68. The van der Waals surface area contributed by atoms with Crippen LogP contribution >= 0.6 is 12.4 Å². The molecule has 0 amide bonds. The van der Waals surface area contributed by atoms with Crippen molar-refractivity contribution in [3.63, 3.8) is 0 Å². The van der Waals surface area contributed by atoms with Crippen LogP contribution in [-0.4, -0.2) is 41.9 Å². The Bertz CT molecular complexity index is 808. The molecule has 2 heterocycles. The van der Waals surface area contributed by atoms with E-state index in [1.54, 1.807) is 24.0 Å². The van der Waals surface area contributed by atoms with Crippen molar-refractivity contribution < 1.29 is 17.2 Å². The van der Waals surface area contributed by atoms with Gasteiger partial charge in [0.2, 0.25) is 10.0 Å². The van der Waals surface area contributed by atoms with Crippen molar-refractivity contribution in [2.24, 2.45) is 7.05 Å². The van der Waals surface area contributed by atoms with Gasteiger partial charge in [0.15, 0.2) is 4.90 Å². The summed E-state index contributed by atoms with van der Waals surface area (Å²) in [5.41, 5.74) is 0. The summed E-state index contributed by atoms with van der Waals surface area (Å²) < 4.78 is 56.4. The van der Waals surface area contributed by atoms with Crippen molar-refractivity contribution >= 4 is 22.4 Å². The quantitative estimate of drug-likeness (QED) is 0.878. The first-order chi connectivity index (χ1) is 10.9. The first-order valence-electron chi connectivity index (χ1n) is 7.06. The van der Waals surface area contributed by atoms with Gasteiger partial charge in [-0.2, -0.15) is 4.31 Å². The van der Waals surface area contributed by atoms with Crippen LogP contribution in [0, 0.1) is 11.6 Å². The number of nitrogens with one attached hydrogen (secondary N) is 1. The molecule has 1 fully saturated rings. The van der Waals surface area contributed by atoms with Gasteiger partial charge in [-0.1, -0.05) is 6.07 Å². The van der Waals surface area contributed by atoms with Gasteiger partial charge in [-0.3, -0.25) is 0 Å². The van der Waals surface area contributed by atoms with Crippen LogP contribution in [0.5, 0.6) is 0 Å². The lowest BCUT2D eigenvalue weighted by atomic mass is 10.2. The molecule has 0 spiro atoms. The lowest BCUT2D eigenvalue weighted by Crippen LogP contribution is -2.49. The van der Waals surface area contributed by atoms with Crippen molar-refractivity contribution in [2.45, 2.75) is 10.9 Å². The molecule has 1 atom stereocenters. The molecule has 1 aromatic heterocycles. The van der Waals surface area contributed by atoms with Gasteiger partial charge in [0.25, 0.3) is 0 Å². The fourth-order valence-corrected chi connectivity index (χ4v) is 4.44. The number of hydrogen-bond donors (Lipinski definition) is 1. The maximum atomic E-state index is 14.0. The SMILES string of the molecule is Cl.Cn1ccnc1C1CNCCN1S(=O)(=O)c1c(F)cccc1F. The minimum Gasteiger partial charge on any atom is -0.337 e. The van der Waals surface area contributed by atoms with Crippen LogP contribution < -0.4 is 5.32 Å². The second-order valence-electron chi connectivity index (χ2n) is 5.28. The maximum absolute atomic E-state index is 14.0. The summed E-state index contributed by atoms with van der Waals surface area (Å²) in [6, 6.07) is 2.38. The van der Waals surface area contributed by atoms with Gasteiger partial charge in [-0.05, 0) is 12.1 Å². The van der Waals surface area contributed by atoms with E-state index in [1.165, 1.54) is 0 Å². The van der Waals surface area contributed by atoms with Gasteiger partial charge in [0, 0.05) is 39.1 Å². The van der Waals surface area contributed by atoms with Crippen molar-refractivity contribution in [1.29, 1.82) is 0 Å². The molecule has 2 aromatic rings. The molecular formula is C14H17ClF2N4O2S. The molecule has 24 heavy (non-hydrogen) atoms. The lowest BCUT2D eigenvalue weighted by molar-refractivity contribution is 0.256. The number of aromatic nitrogens is 2. The largest absolute Gasteiger partial charge is 0.337 e. The molecule has 10 heteroatoms. The fourth-order valence-electron chi connectivity index (χ4n) is 2.74. The summed E-state index contributed by atoms with van der Waals surface area (Å²) in [6.07, 6.45) is 3.25. The molecule has 1 aliphatic rings. The smallest absolute Gasteiger partial charge is 0.249 e. The molecule has 1 saturated heterocycles. The van der Waals surface area contributed by atoms with E-state index in [0.717, 1.165) is 22.5 Å². The molecule has 0 saturated carbocycles. The highest BCUT2D eigenvalue weighted by Crippen LogP contribution is 2.30. The van der Waals surface area contributed by atoms with Crippen LogP contribution in [0.15, 0.2) is 35.5 Å². The van der Waals surface area contributed by atoms with E-state index in [0.29, 0.717) is 18.9 Å². The van der Waals surface area contributed by atoms with E-state index < -0.39 is 32.6 Å². The van der Waals surface area contributed by atoms with Gasteiger partial charge >= 0.3 is 0 Å². The third-order valence-electron chi connectivity index (χ3n) is 3.84. The van der Waals surface area contributed by atoms with E-state index in [-0.39, 0.29) is 19.0 Å². The number of hydrogen-bond acceptors (Lipinski definition) is 4. The van der Waals surface area contributed by atoms with Crippen LogP contribution in [-0.2, 0) is 17.1 Å². The van der Waals surface area contributed by atoms with Gasteiger partial charge in [-0.15, -0.1) is 12.4 Å². The molecule has 1 aliphatic heterocycles. The van der Waals surface area contributed by atoms with E-state index in [2.05, 4.69) is 10.3 Å². The second kappa shape index (κ2) is 7.14. The zero-order chi connectivity index (χ0) is 16.6. The molecule has 1 aromatic carbocycles. The maximum Gasteiger partial charge on any atom is 0.249 e. The first kappa shape index (κ1) is 18.8. The number of piperazine rings is 1. The average Bonchev–Trinajstić information content (AvgIpc) is 2.93. The molecule has 0 aliphatic carbocycles. The highest BCUT2D eigenvalue weighted by atomic mass is 35.5. The summed E-state index contributed by atoms with van der Waals surface area (Å²) in [4.78, 5) is 3.26. The first-order valence-corrected chi connectivity index (χ1v) is 8.50. The van der Waals surface area contributed by atoms with E-state index in [1.807, 2.05) is 0 Å². The van der Waals surface area contributed by atoms with Gasteiger partial charge in [-0.25, -0.2) is 22.2 Å². The van der Waals surface area contributed by atoms with Crippen LogP contribution in [0.3, 0.4) is 0 Å². The summed E-state index contributed by atoms with van der Waals surface area (Å²) >= 11 is 0. The fraction of sp³-hybridized carbons (Fsp3) is 0.357. The third-order valence-corrected chi connectivity index (χ3v) is 5.80. The van der Waals surface area contributed by atoms with Crippen molar-refractivity contribution in [3.8, 4) is 0 Å². The Hall–Kier alpha value is -1.55. The van der Waals surface area contributed by atoms with Gasteiger partial charge < -0.3 is 9.88 Å². The Kier molecular flexibility index (Phi) is 5.59. The molecule has 0 radical (unpaired) electrons. The van der Waals surface area contributed by atoms with E-state index >= 15 is 0 Å². The zero-order valence-corrected chi connectivity index (χ0v) is 14.4. The summed E-state index contributed by atoms with van der Waals surface area (Å²) in [7, 11) is -2.58. The number of sulfonamides is 1. The van der Waals surface area contributed by atoms with Crippen LogP contribution in [0.4, 0.5) is 8.78 Å². The highest BCUT2D eigenvalue weighted by molar-refractivity contribution is 7.89. The number of rotatable bonds is 3. The zero-order valence-electron chi connectivity index (χ0n) is 12.8. The molecule has 6 nitrogen and oxygen atoms in total. The molecule has 1 N–H and O–H groups in total. The predicted octanol–water partition coefficient (Wildman–Crippen LogP) is 1.46. The van der Waals surface area contributed by atoms with E-state index in [4.69, 9.17) is 0 Å². The van der Waals surface area contributed by atoms with Crippen molar-refractivity contribution in [3.05, 3.63) is 48.1 Å². The number of benzene rings is 1. The monoisotopic (exact) mass is 378 g/mol. The second-order valence-corrected chi connectivity index (χ2v) is 7.11. The normalized spacial score (nSPS) is 19.0. The minimum atomic E-state index is -4.33. The topological polar surface area (TPSA) is 67.2 Å². The van der Waals surface area contributed by atoms with Crippen LogP contribution in [0.1, 0.15) is 11.9 Å². The standard InChI is InChI=1S/C14H16F2N4O2S.ClH/c1-19-7-6-18-14(19)12-9-17-5-8-20(12)23(21,22)13-10(15)3-2-4-11(13)16;/h2-4,6-7,12,17H,5,8-9H2,1H3;1H. The predicted molar refractivity (Wildman–Crippen MR) is 86.3 cm³/mol. The Labute approximate surface area is 145 Å². The number of aryl methyl sites for hydroxylation is 1. The third kappa shape index (κ3) is 3.16. The van der Waals surface area contributed by atoms with Crippen molar-refractivity contribution in [1.82, 2.24) is 19.2 Å². The number of nitrogens with zero attached hydrogens (tertiary/aromatic N) is 3. The van der Waals surface area contributed by atoms with Gasteiger partial charge in [0.1, 0.15) is 17.5 Å². The highest BCUT2D eigenvalue weighted by Gasteiger charge is 2.39. The Morgan fingerprint density at radius 2 is 1.96 bits per heavy atom. The number of imidazole rings is 1. The summed E-state index contributed by atoms with van der Waals surface area (Å²) in [6.45, 7) is 0.823. The average molecular weight is 379 g/mol. The minimum absolute atomic E-state index is 0. The van der Waals surface area contributed by atoms with Crippen LogP contribution in [0.2, 0.25) is 0 Å². The van der Waals surface area contributed by atoms with Crippen LogP contribution in [0.25, 0.3) is 0 Å². The van der Waals surface area contributed by atoms with Gasteiger partial charge in [0.05, 0.1) is 6.04 Å². The Morgan fingerprint density at radius 1 is 1.29 bits per heavy atom. The molecule has 3 rings (SSSR count). The molecule has 132 valence electrons. The Morgan fingerprint density at radius 3 is 2.54 bits per heavy atom.